The minimum Gasteiger partial charge on any atom is -0.316 e. The van der Waals surface area contributed by atoms with Gasteiger partial charge in [-0.1, -0.05) is 41.4 Å². The van der Waals surface area contributed by atoms with Crippen molar-refractivity contribution in [2.75, 3.05) is 10.2 Å². The van der Waals surface area contributed by atoms with Crippen LogP contribution in [0.5, 0.6) is 0 Å². The molecule has 0 spiro atoms. The Bertz CT molecular complexity index is 792. The fourth-order valence-corrected chi connectivity index (χ4v) is 3.09. The van der Waals surface area contributed by atoms with Crippen molar-refractivity contribution in [1.82, 2.24) is 0 Å². The summed E-state index contributed by atoms with van der Waals surface area (Å²) in [6, 6.07) is 12.2. The number of fused-ring (bicyclic) bond motifs is 1. The summed E-state index contributed by atoms with van der Waals surface area (Å²) in [7, 11) is 0. The first-order valence-corrected chi connectivity index (χ1v) is 7.90. The van der Waals surface area contributed by atoms with Crippen molar-refractivity contribution >= 4 is 46.4 Å². The van der Waals surface area contributed by atoms with Gasteiger partial charge in [-0.25, -0.2) is 0 Å². The van der Waals surface area contributed by atoms with Crippen LogP contribution in [0.15, 0.2) is 42.5 Å². The third-order valence-electron chi connectivity index (χ3n) is 3.80. The van der Waals surface area contributed by atoms with E-state index >= 15 is 0 Å². The molecule has 2 aromatic carbocycles. The highest BCUT2D eigenvalue weighted by Crippen LogP contribution is 2.32. The molecular weight excluding hydrogens is 335 g/mol. The van der Waals surface area contributed by atoms with E-state index in [1.807, 2.05) is 31.2 Å². The van der Waals surface area contributed by atoms with Crippen LogP contribution >= 0.6 is 23.2 Å². The fourth-order valence-electron chi connectivity index (χ4n) is 2.75. The number of hydrogen-bond acceptors (Lipinski definition) is 2. The minimum atomic E-state index is -0.738. The number of rotatable bonds is 1. The zero-order chi connectivity index (χ0) is 16.6. The molecule has 6 heteroatoms. The summed E-state index contributed by atoms with van der Waals surface area (Å²) >= 11 is 11.9. The van der Waals surface area contributed by atoms with Crippen LogP contribution in [-0.4, -0.2) is 17.9 Å². The lowest BCUT2D eigenvalue weighted by Gasteiger charge is -2.22. The van der Waals surface area contributed by atoms with Gasteiger partial charge in [0.25, 0.3) is 0 Å². The lowest BCUT2D eigenvalue weighted by molar-refractivity contribution is -0.134. The van der Waals surface area contributed by atoms with E-state index in [1.54, 1.807) is 12.1 Å². The Labute approximate surface area is 144 Å². The number of carbonyl (C=O) groups is 2. The van der Waals surface area contributed by atoms with Crippen molar-refractivity contribution in [3.8, 4) is 0 Å². The maximum atomic E-state index is 12.6. The molecule has 4 nitrogen and oxygen atoms in total. The summed E-state index contributed by atoms with van der Waals surface area (Å²) in [5.41, 5.74) is 2.15. The molecule has 0 bridgehead atoms. The van der Waals surface area contributed by atoms with Crippen molar-refractivity contribution in [3.63, 3.8) is 0 Å². The number of benzene rings is 2. The van der Waals surface area contributed by atoms with E-state index in [2.05, 4.69) is 5.32 Å². The number of amides is 2. The van der Waals surface area contributed by atoms with E-state index in [0.717, 1.165) is 17.7 Å². The Hall–Kier alpha value is -2.04. The second-order valence-corrected chi connectivity index (χ2v) is 6.28. The molecule has 1 atom stereocenters. The molecule has 1 aliphatic heterocycles. The first kappa shape index (κ1) is 15.8. The Morgan fingerprint density at radius 2 is 1.91 bits per heavy atom. The number of para-hydroxylation sites is 1. The topological polar surface area (TPSA) is 49.4 Å². The van der Waals surface area contributed by atoms with Crippen molar-refractivity contribution in [2.24, 2.45) is 0 Å². The number of nitrogens with zero attached hydrogens (tertiary/aromatic N) is 1. The SMILES string of the molecule is CC1Cc2ccccc2N1C(=O)C(=O)Nc1cc(Cl)ccc1Cl. The molecule has 0 radical (unpaired) electrons. The van der Waals surface area contributed by atoms with E-state index in [0.29, 0.717) is 15.7 Å². The molecule has 0 saturated heterocycles. The van der Waals surface area contributed by atoms with Crippen LogP contribution in [0, 0.1) is 0 Å². The molecule has 0 aromatic heterocycles. The van der Waals surface area contributed by atoms with E-state index in [9.17, 15) is 9.59 Å². The van der Waals surface area contributed by atoms with Crippen LogP contribution in [-0.2, 0) is 16.0 Å². The monoisotopic (exact) mass is 348 g/mol. The van der Waals surface area contributed by atoms with E-state index in [4.69, 9.17) is 23.2 Å². The van der Waals surface area contributed by atoms with E-state index in [-0.39, 0.29) is 6.04 Å². The maximum absolute atomic E-state index is 12.6. The molecule has 0 saturated carbocycles. The lowest BCUT2D eigenvalue weighted by Crippen LogP contribution is -2.43. The highest BCUT2D eigenvalue weighted by atomic mass is 35.5. The smallest absolute Gasteiger partial charge is 0.316 e. The summed E-state index contributed by atoms with van der Waals surface area (Å²) in [4.78, 5) is 26.4. The van der Waals surface area contributed by atoms with Crippen LogP contribution in [0.1, 0.15) is 12.5 Å². The summed E-state index contributed by atoms with van der Waals surface area (Å²) in [6.07, 6.45) is 0.729. The molecule has 2 amide bonds. The zero-order valence-corrected chi connectivity index (χ0v) is 13.9. The summed E-state index contributed by atoms with van der Waals surface area (Å²) in [6.45, 7) is 1.91. The number of carbonyl (C=O) groups excluding carboxylic acids is 2. The van der Waals surface area contributed by atoms with Crippen LogP contribution in [0.25, 0.3) is 0 Å². The average molecular weight is 349 g/mol. The Morgan fingerprint density at radius 1 is 1.17 bits per heavy atom. The Balaban J connectivity index is 1.83. The second-order valence-electron chi connectivity index (χ2n) is 5.44. The van der Waals surface area contributed by atoms with Crippen LogP contribution in [0.4, 0.5) is 11.4 Å². The van der Waals surface area contributed by atoms with Crippen molar-refractivity contribution in [3.05, 3.63) is 58.1 Å². The molecule has 0 aliphatic carbocycles. The van der Waals surface area contributed by atoms with Gasteiger partial charge in [-0.2, -0.15) is 0 Å². The minimum absolute atomic E-state index is 0.0690. The highest BCUT2D eigenvalue weighted by molar-refractivity contribution is 6.46. The molecule has 0 fully saturated rings. The van der Waals surface area contributed by atoms with Crippen molar-refractivity contribution < 1.29 is 9.59 Å². The normalized spacial score (nSPS) is 16.1. The Kier molecular flexibility index (Phi) is 4.28. The van der Waals surface area contributed by atoms with Crippen LogP contribution < -0.4 is 10.2 Å². The van der Waals surface area contributed by atoms with Crippen molar-refractivity contribution in [1.29, 1.82) is 0 Å². The molecular formula is C17H14Cl2N2O2. The first-order valence-electron chi connectivity index (χ1n) is 7.15. The third-order valence-corrected chi connectivity index (χ3v) is 4.36. The molecule has 3 rings (SSSR count). The third kappa shape index (κ3) is 3.05. The van der Waals surface area contributed by atoms with Crippen molar-refractivity contribution in [2.45, 2.75) is 19.4 Å². The Morgan fingerprint density at radius 3 is 2.70 bits per heavy atom. The predicted octanol–water partition coefficient (Wildman–Crippen LogP) is 3.91. The van der Waals surface area contributed by atoms with E-state index < -0.39 is 11.8 Å². The number of hydrogen-bond donors (Lipinski definition) is 1. The van der Waals surface area contributed by atoms with Crippen LogP contribution in [0.2, 0.25) is 10.0 Å². The average Bonchev–Trinajstić information content (AvgIpc) is 2.86. The molecule has 1 unspecified atom stereocenters. The molecule has 23 heavy (non-hydrogen) atoms. The number of halogens is 2. The zero-order valence-electron chi connectivity index (χ0n) is 12.3. The molecule has 2 aromatic rings. The number of anilines is 2. The largest absolute Gasteiger partial charge is 0.316 e. The first-order chi connectivity index (χ1) is 11.0. The van der Waals surface area contributed by atoms with Gasteiger partial charge in [0.15, 0.2) is 0 Å². The van der Waals surface area contributed by atoms with Gasteiger partial charge in [0.1, 0.15) is 0 Å². The van der Waals surface area contributed by atoms with Gasteiger partial charge in [-0.15, -0.1) is 0 Å². The van der Waals surface area contributed by atoms with E-state index in [1.165, 1.54) is 11.0 Å². The van der Waals surface area contributed by atoms with Crippen LogP contribution in [0.3, 0.4) is 0 Å². The molecule has 1 heterocycles. The molecule has 118 valence electrons. The standard InChI is InChI=1S/C17H14Cl2N2O2/c1-10-8-11-4-2-3-5-15(11)21(10)17(23)16(22)20-14-9-12(18)6-7-13(14)19/h2-7,9-10H,8H2,1H3,(H,20,22). The highest BCUT2D eigenvalue weighted by Gasteiger charge is 2.34. The van der Waals surface area contributed by atoms with Gasteiger partial charge in [0, 0.05) is 16.8 Å². The van der Waals surface area contributed by atoms with Gasteiger partial charge in [0.2, 0.25) is 0 Å². The van der Waals surface area contributed by atoms with Gasteiger partial charge < -0.3 is 10.2 Å². The molecule has 1 N–H and O–H groups in total. The lowest BCUT2D eigenvalue weighted by atomic mass is 10.1. The van der Waals surface area contributed by atoms with Gasteiger partial charge in [-0.3, -0.25) is 9.59 Å². The fraction of sp³-hybridized carbons (Fsp3) is 0.176. The van der Waals surface area contributed by atoms with Gasteiger partial charge in [-0.05, 0) is 43.2 Å². The summed E-state index contributed by atoms with van der Waals surface area (Å²) < 4.78 is 0. The summed E-state index contributed by atoms with van der Waals surface area (Å²) in [5, 5.41) is 3.28. The van der Waals surface area contributed by atoms with Gasteiger partial charge in [0.05, 0.1) is 10.7 Å². The summed E-state index contributed by atoms with van der Waals surface area (Å²) in [5.74, 6) is -1.35. The quantitative estimate of drug-likeness (QED) is 0.794. The van der Waals surface area contributed by atoms with Gasteiger partial charge >= 0.3 is 11.8 Å². The predicted molar refractivity (Wildman–Crippen MR) is 92.2 cm³/mol. The second kappa shape index (κ2) is 6.22. The maximum Gasteiger partial charge on any atom is 0.316 e. The number of nitrogens with one attached hydrogen (secondary N) is 1. The molecule has 1 aliphatic rings.